The van der Waals surface area contributed by atoms with E-state index >= 15 is 0 Å². The molecule has 0 spiro atoms. The molecule has 6 atom stereocenters. The van der Waals surface area contributed by atoms with E-state index in [0.717, 1.165) is 44.1 Å². The fourth-order valence-corrected chi connectivity index (χ4v) is 5.99. The first kappa shape index (κ1) is 20.0. The molecule has 4 fully saturated rings. The first-order valence-corrected chi connectivity index (χ1v) is 11.7. The summed E-state index contributed by atoms with van der Waals surface area (Å²) in [5.74, 6) is 1.05. The molecule has 11 heteroatoms. The summed E-state index contributed by atoms with van der Waals surface area (Å²) in [6.45, 7) is 4.69. The fraction of sp³-hybridized carbons (Fsp3) is 0.938. The summed E-state index contributed by atoms with van der Waals surface area (Å²) in [4.78, 5) is 15.5. The van der Waals surface area contributed by atoms with Crippen LogP contribution in [0.15, 0.2) is 0 Å². The lowest BCUT2D eigenvalue weighted by Gasteiger charge is -2.42. The van der Waals surface area contributed by atoms with Gasteiger partial charge >= 0.3 is 0 Å². The molecule has 0 aliphatic carbocycles. The molecule has 1 amide bonds. The van der Waals surface area contributed by atoms with E-state index in [1.165, 1.54) is 0 Å². The molecule has 0 aromatic heterocycles. The highest BCUT2D eigenvalue weighted by Crippen LogP contribution is 2.23. The number of carbonyl (C=O) groups is 1. The van der Waals surface area contributed by atoms with Gasteiger partial charge in [-0.3, -0.25) is 19.2 Å². The van der Waals surface area contributed by atoms with Gasteiger partial charge in [0.15, 0.2) is 0 Å². The summed E-state index contributed by atoms with van der Waals surface area (Å²) in [6.07, 6.45) is 0.410. The van der Waals surface area contributed by atoms with Gasteiger partial charge in [-0.05, 0) is 13.0 Å². The molecule has 4 heterocycles. The van der Waals surface area contributed by atoms with Gasteiger partial charge < -0.3 is 16.4 Å². The second-order valence-corrected chi connectivity index (χ2v) is 10.2. The van der Waals surface area contributed by atoms with Crippen molar-refractivity contribution in [3.8, 4) is 0 Å². The maximum Gasteiger partial charge on any atom is 0.229 e. The van der Waals surface area contributed by atoms with Crippen LogP contribution in [0.5, 0.6) is 0 Å². The lowest BCUT2D eigenvalue weighted by atomic mass is 9.96. The number of fused-ring (bicyclic) bond motifs is 1. The normalized spacial score (nSPS) is 42.0. The first-order valence-electron chi connectivity index (χ1n) is 9.79. The van der Waals surface area contributed by atoms with Crippen LogP contribution in [-0.4, -0.2) is 101 Å². The Bertz CT molecular complexity index is 575. The topological polar surface area (TPSA) is 115 Å². The van der Waals surface area contributed by atoms with E-state index in [0.29, 0.717) is 13.1 Å². The van der Waals surface area contributed by atoms with Gasteiger partial charge in [-0.15, -0.1) is 11.6 Å². The molecule has 0 bridgehead atoms. The SMILES string of the molecule is NC1NN2CC(Cl)CNC2C1C(=O)NC1CNCCC1N1CCS(=O)CC1. The monoisotopic (exact) mass is 419 g/mol. The number of nitrogens with two attached hydrogens (primary N) is 1. The second-order valence-electron chi connectivity index (χ2n) is 7.84. The lowest BCUT2D eigenvalue weighted by molar-refractivity contribution is -0.128. The summed E-state index contributed by atoms with van der Waals surface area (Å²) in [5, 5.41) is 11.9. The lowest BCUT2D eigenvalue weighted by Crippen LogP contribution is -2.64. The van der Waals surface area contributed by atoms with Crippen LogP contribution in [0.3, 0.4) is 0 Å². The molecule has 0 radical (unpaired) electrons. The minimum atomic E-state index is -0.696. The highest BCUT2D eigenvalue weighted by atomic mass is 35.5. The summed E-state index contributed by atoms with van der Waals surface area (Å²) in [6, 6.07) is 0.309. The Labute approximate surface area is 167 Å². The minimum Gasteiger partial charge on any atom is -0.350 e. The smallest absolute Gasteiger partial charge is 0.229 e. The Morgan fingerprint density at radius 2 is 2.04 bits per heavy atom. The van der Waals surface area contributed by atoms with Crippen molar-refractivity contribution in [3.63, 3.8) is 0 Å². The number of halogens is 1. The number of hydrogen-bond acceptors (Lipinski definition) is 8. The maximum absolute atomic E-state index is 13.1. The second kappa shape index (κ2) is 8.58. The standard InChI is InChI=1S/C16H30ClN7O2S/c17-10-7-20-15-13(14(18)22-24(15)9-10)16(25)21-11-8-19-2-1-12(11)23-3-5-27(26)6-4-23/h10-15,19-20,22H,1-9,18H2,(H,21,25). The first-order chi connectivity index (χ1) is 13.0. The quantitative estimate of drug-likeness (QED) is 0.311. The zero-order valence-electron chi connectivity index (χ0n) is 15.4. The number of carbonyl (C=O) groups excluding carboxylic acids is 1. The van der Waals surface area contributed by atoms with Crippen molar-refractivity contribution >= 4 is 28.3 Å². The van der Waals surface area contributed by atoms with Gasteiger partial charge in [0.1, 0.15) is 0 Å². The Balaban J connectivity index is 1.40. The van der Waals surface area contributed by atoms with Gasteiger partial charge in [0.05, 0.1) is 29.7 Å². The number of rotatable bonds is 3. The molecule has 4 rings (SSSR count). The van der Waals surface area contributed by atoms with Crippen molar-refractivity contribution in [1.82, 2.24) is 31.3 Å². The third kappa shape index (κ3) is 4.32. The predicted octanol–water partition coefficient (Wildman–Crippen LogP) is -2.84. The van der Waals surface area contributed by atoms with E-state index in [9.17, 15) is 9.00 Å². The molecule has 4 aliphatic heterocycles. The molecular weight excluding hydrogens is 390 g/mol. The highest BCUT2D eigenvalue weighted by Gasteiger charge is 2.47. The molecule has 6 N–H and O–H groups in total. The van der Waals surface area contributed by atoms with Gasteiger partial charge in [-0.25, -0.2) is 10.4 Å². The van der Waals surface area contributed by atoms with E-state index in [2.05, 4.69) is 26.3 Å². The van der Waals surface area contributed by atoms with Crippen LogP contribution in [0.2, 0.25) is 0 Å². The highest BCUT2D eigenvalue weighted by molar-refractivity contribution is 7.85. The Morgan fingerprint density at radius 1 is 1.26 bits per heavy atom. The van der Waals surface area contributed by atoms with Crippen LogP contribution in [-0.2, 0) is 15.6 Å². The number of piperidine rings is 1. The van der Waals surface area contributed by atoms with Crippen molar-refractivity contribution < 1.29 is 9.00 Å². The van der Waals surface area contributed by atoms with E-state index in [4.69, 9.17) is 17.3 Å². The van der Waals surface area contributed by atoms with Crippen molar-refractivity contribution in [3.05, 3.63) is 0 Å². The number of nitrogens with one attached hydrogen (secondary N) is 4. The average Bonchev–Trinajstić information content (AvgIpc) is 2.98. The number of nitrogens with zero attached hydrogens (tertiary/aromatic N) is 2. The number of amides is 1. The number of hydrazine groups is 1. The summed E-state index contributed by atoms with van der Waals surface area (Å²) in [7, 11) is -0.696. The number of alkyl halides is 1. The van der Waals surface area contributed by atoms with Gasteiger partial charge in [0, 0.05) is 61.1 Å². The zero-order valence-corrected chi connectivity index (χ0v) is 17.0. The Morgan fingerprint density at radius 3 is 2.81 bits per heavy atom. The van der Waals surface area contributed by atoms with Crippen molar-refractivity contribution in [1.29, 1.82) is 0 Å². The van der Waals surface area contributed by atoms with Crippen LogP contribution < -0.4 is 27.1 Å². The molecule has 154 valence electrons. The molecule has 4 aliphatic rings. The van der Waals surface area contributed by atoms with E-state index in [1.807, 2.05) is 5.01 Å². The predicted molar refractivity (Wildman–Crippen MR) is 105 cm³/mol. The van der Waals surface area contributed by atoms with Crippen LogP contribution in [0.4, 0.5) is 0 Å². The third-order valence-electron chi connectivity index (χ3n) is 6.08. The van der Waals surface area contributed by atoms with Crippen LogP contribution >= 0.6 is 11.6 Å². The molecule has 27 heavy (non-hydrogen) atoms. The fourth-order valence-electron chi connectivity index (χ4n) is 4.67. The van der Waals surface area contributed by atoms with Crippen molar-refractivity contribution in [2.24, 2.45) is 11.7 Å². The van der Waals surface area contributed by atoms with E-state index in [1.54, 1.807) is 0 Å². The van der Waals surface area contributed by atoms with Crippen LogP contribution in [0.1, 0.15) is 6.42 Å². The van der Waals surface area contributed by atoms with Crippen LogP contribution in [0, 0.1) is 5.92 Å². The van der Waals surface area contributed by atoms with Gasteiger partial charge in [0.2, 0.25) is 5.91 Å². The van der Waals surface area contributed by atoms with Crippen LogP contribution in [0.25, 0.3) is 0 Å². The summed E-state index contributed by atoms with van der Waals surface area (Å²) >= 11 is 6.21. The molecule has 6 unspecified atom stereocenters. The summed E-state index contributed by atoms with van der Waals surface area (Å²) < 4.78 is 11.7. The van der Waals surface area contributed by atoms with Gasteiger partial charge in [-0.1, -0.05) is 0 Å². The molecule has 0 aromatic rings. The Hall–Kier alpha value is -0.330. The molecule has 9 nitrogen and oxygen atoms in total. The zero-order chi connectivity index (χ0) is 19.0. The third-order valence-corrected chi connectivity index (χ3v) is 7.65. The molecule has 0 aromatic carbocycles. The minimum absolute atomic E-state index is 0.000613. The van der Waals surface area contributed by atoms with Crippen molar-refractivity contribution in [2.75, 3.05) is 50.8 Å². The van der Waals surface area contributed by atoms with E-state index in [-0.39, 0.29) is 35.5 Å². The molecule has 0 saturated carbocycles. The maximum atomic E-state index is 13.1. The van der Waals surface area contributed by atoms with Crippen molar-refractivity contribution in [2.45, 2.75) is 36.2 Å². The molecular formula is C16H30ClN7O2S. The summed E-state index contributed by atoms with van der Waals surface area (Å²) in [5.41, 5.74) is 9.40. The van der Waals surface area contributed by atoms with E-state index < -0.39 is 17.0 Å². The number of hydrogen-bond donors (Lipinski definition) is 5. The largest absolute Gasteiger partial charge is 0.350 e. The van der Waals surface area contributed by atoms with Gasteiger partial charge in [0.25, 0.3) is 0 Å². The Kier molecular flexibility index (Phi) is 6.34. The average molecular weight is 420 g/mol. The molecule has 4 saturated heterocycles. The van der Waals surface area contributed by atoms with Gasteiger partial charge in [-0.2, -0.15) is 0 Å².